The Balaban J connectivity index is 1.39. The van der Waals surface area contributed by atoms with E-state index in [-0.39, 0.29) is 81.2 Å². The number of hydrogen-bond acceptors (Lipinski definition) is 9. The fraction of sp³-hybridized carbons (Fsp3) is 0.458. The first-order valence-electron chi connectivity index (χ1n) is 12.0. The molecule has 0 saturated carbocycles. The molecule has 2 aliphatic heterocycles. The Morgan fingerprint density at radius 3 is 2.39 bits per heavy atom. The minimum Gasteiger partial charge on any atom is -0.483 e. The van der Waals surface area contributed by atoms with Crippen LogP contribution in [0.15, 0.2) is 18.2 Å². The summed E-state index contributed by atoms with van der Waals surface area (Å²) in [6.07, 6.45) is 0.317. The van der Waals surface area contributed by atoms with Crippen LogP contribution in [0, 0.1) is 0 Å². The molecule has 1 aromatic rings. The number of imide groups is 2. The summed E-state index contributed by atoms with van der Waals surface area (Å²) < 4.78 is 10.8. The molecule has 1 aromatic carbocycles. The lowest BCUT2D eigenvalue weighted by Gasteiger charge is -2.27. The molecule has 38 heavy (non-hydrogen) atoms. The largest absolute Gasteiger partial charge is 0.483 e. The summed E-state index contributed by atoms with van der Waals surface area (Å²) >= 11 is 0. The second kappa shape index (κ2) is 13.3. The Hall–Kier alpha value is -4.33. The van der Waals surface area contributed by atoms with Crippen LogP contribution >= 0.6 is 0 Å². The van der Waals surface area contributed by atoms with Crippen LogP contribution in [0.3, 0.4) is 0 Å². The number of fused-ring (bicyclic) bond motifs is 1. The number of nitrogens with one attached hydrogen (secondary N) is 3. The number of rotatable bonds is 14. The predicted molar refractivity (Wildman–Crippen MR) is 127 cm³/mol. The molecule has 1 saturated heterocycles. The van der Waals surface area contributed by atoms with Gasteiger partial charge in [-0.1, -0.05) is 6.07 Å². The first-order valence-corrected chi connectivity index (χ1v) is 12.0. The zero-order valence-electron chi connectivity index (χ0n) is 20.4. The number of carbonyl (C=O) groups is 7. The van der Waals surface area contributed by atoms with Crippen LogP contribution < -0.4 is 20.7 Å². The fourth-order valence-electron chi connectivity index (χ4n) is 3.91. The van der Waals surface area contributed by atoms with Crippen molar-refractivity contribution in [3.63, 3.8) is 0 Å². The third-order valence-electron chi connectivity index (χ3n) is 5.72. The molecule has 0 radical (unpaired) electrons. The molecule has 14 nitrogen and oxygen atoms in total. The molecule has 14 heteroatoms. The van der Waals surface area contributed by atoms with Crippen LogP contribution in [0.5, 0.6) is 5.75 Å². The van der Waals surface area contributed by atoms with Crippen molar-refractivity contribution in [3.8, 4) is 5.75 Å². The minimum atomic E-state index is -1.11. The SMILES string of the molecule is O=C(O)CCCC(=O)NCCOCCNC(=O)COc1cccc2c1C(=O)N(C1CCC(=O)NC1=O)C2=O. The molecule has 4 N–H and O–H groups in total. The molecule has 3 rings (SSSR count). The number of carboxylic acid groups (broad SMARTS) is 1. The van der Waals surface area contributed by atoms with Crippen molar-refractivity contribution in [2.75, 3.05) is 32.9 Å². The van der Waals surface area contributed by atoms with Crippen molar-refractivity contribution >= 4 is 41.4 Å². The molecular formula is C24H28N4O10. The van der Waals surface area contributed by atoms with Gasteiger partial charge >= 0.3 is 5.97 Å². The van der Waals surface area contributed by atoms with Crippen LogP contribution in [0.2, 0.25) is 0 Å². The Labute approximate surface area is 217 Å². The molecule has 204 valence electrons. The average Bonchev–Trinajstić information content (AvgIpc) is 3.12. The summed E-state index contributed by atoms with van der Waals surface area (Å²) in [6, 6.07) is 3.24. The van der Waals surface area contributed by atoms with Gasteiger partial charge in [-0.15, -0.1) is 0 Å². The molecule has 0 aliphatic carbocycles. The van der Waals surface area contributed by atoms with Gasteiger partial charge in [0.2, 0.25) is 17.7 Å². The van der Waals surface area contributed by atoms with E-state index < -0.39 is 48.2 Å². The zero-order valence-corrected chi connectivity index (χ0v) is 20.4. The summed E-state index contributed by atoms with van der Waals surface area (Å²) in [7, 11) is 0. The number of hydrogen-bond donors (Lipinski definition) is 4. The number of carboxylic acids is 1. The summed E-state index contributed by atoms with van der Waals surface area (Å²) in [4.78, 5) is 84.3. The summed E-state index contributed by atoms with van der Waals surface area (Å²) in [5.74, 6) is -4.33. The number of nitrogens with zero attached hydrogens (tertiary/aromatic N) is 1. The molecule has 0 spiro atoms. The lowest BCUT2D eigenvalue weighted by atomic mass is 10.0. The van der Waals surface area contributed by atoms with Crippen molar-refractivity contribution in [3.05, 3.63) is 29.3 Å². The molecule has 0 bridgehead atoms. The molecule has 1 unspecified atom stereocenters. The zero-order chi connectivity index (χ0) is 27.7. The monoisotopic (exact) mass is 532 g/mol. The second-order valence-electron chi connectivity index (χ2n) is 8.47. The quantitative estimate of drug-likeness (QED) is 0.170. The lowest BCUT2D eigenvalue weighted by molar-refractivity contribution is -0.138. The van der Waals surface area contributed by atoms with E-state index in [9.17, 15) is 33.6 Å². The molecule has 2 aliphatic rings. The number of ether oxygens (including phenoxy) is 2. The van der Waals surface area contributed by atoms with Gasteiger partial charge in [0.05, 0.1) is 24.3 Å². The van der Waals surface area contributed by atoms with Crippen molar-refractivity contribution in [1.82, 2.24) is 20.9 Å². The van der Waals surface area contributed by atoms with Gasteiger partial charge in [-0.25, -0.2) is 0 Å². The number of piperidine rings is 1. The van der Waals surface area contributed by atoms with Gasteiger partial charge in [0.15, 0.2) is 6.61 Å². The van der Waals surface area contributed by atoms with Gasteiger partial charge in [0.25, 0.3) is 17.7 Å². The second-order valence-corrected chi connectivity index (χ2v) is 8.47. The summed E-state index contributed by atoms with van der Waals surface area (Å²) in [5.41, 5.74) is -0.0108. The average molecular weight is 533 g/mol. The number of benzene rings is 1. The van der Waals surface area contributed by atoms with Crippen LogP contribution in [0.4, 0.5) is 0 Å². The standard InChI is InChI=1S/C24H28N4O10/c29-17(5-2-6-20(32)33)25-9-11-37-12-10-26-19(31)13-38-16-4-1-3-14-21(16)24(36)28(23(14)35)15-7-8-18(30)27-22(15)34/h1,3-4,15H,2,5-13H2,(H,25,29)(H,26,31)(H,32,33)(H,27,30,34). The summed E-state index contributed by atoms with van der Waals surface area (Å²) in [6.45, 7) is 0.317. The van der Waals surface area contributed by atoms with Crippen molar-refractivity contribution < 1.29 is 48.1 Å². The maximum absolute atomic E-state index is 13.0. The molecule has 0 aromatic heterocycles. The number of carbonyl (C=O) groups excluding carboxylic acids is 6. The van der Waals surface area contributed by atoms with Gasteiger partial charge in [-0.05, 0) is 25.0 Å². The highest BCUT2D eigenvalue weighted by atomic mass is 16.5. The van der Waals surface area contributed by atoms with E-state index in [1.54, 1.807) is 0 Å². The lowest BCUT2D eigenvalue weighted by Crippen LogP contribution is -2.54. The molecular weight excluding hydrogens is 504 g/mol. The minimum absolute atomic E-state index is 0.000287. The highest BCUT2D eigenvalue weighted by Crippen LogP contribution is 2.33. The third kappa shape index (κ3) is 7.35. The number of amides is 6. The highest BCUT2D eigenvalue weighted by molar-refractivity contribution is 6.24. The van der Waals surface area contributed by atoms with Gasteiger partial charge in [-0.2, -0.15) is 0 Å². The first kappa shape index (κ1) is 28.2. The van der Waals surface area contributed by atoms with E-state index in [1.165, 1.54) is 18.2 Å². The normalized spacial score (nSPS) is 16.6. The Morgan fingerprint density at radius 2 is 1.71 bits per heavy atom. The predicted octanol–water partition coefficient (Wildman–Crippen LogP) is -1.03. The molecule has 1 atom stereocenters. The van der Waals surface area contributed by atoms with Gasteiger partial charge in [0.1, 0.15) is 11.8 Å². The number of aliphatic carboxylic acids is 1. The molecule has 2 heterocycles. The van der Waals surface area contributed by atoms with E-state index in [1.807, 2.05) is 0 Å². The van der Waals surface area contributed by atoms with E-state index in [4.69, 9.17) is 14.6 Å². The van der Waals surface area contributed by atoms with E-state index in [0.717, 1.165) is 4.90 Å². The Bertz CT molecular complexity index is 1140. The Morgan fingerprint density at radius 1 is 1.00 bits per heavy atom. The van der Waals surface area contributed by atoms with Crippen LogP contribution in [-0.2, 0) is 28.7 Å². The van der Waals surface area contributed by atoms with E-state index in [0.29, 0.717) is 0 Å². The van der Waals surface area contributed by atoms with E-state index in [2.05, 4.69) is 16.0 Å². The van der Waals surface area contributed by atoms with Crippen molar-refractivity contribution in [2.24, 2.45) is 0 Å². The highest BCUT2D eigenvalue weighted by Gasteiger charge is 2.46. The fourth-order valence-corrected chi connectivity index (χ4v) is 3.91. The van der Waals surface area contributed by atoms with E-state index >= 15 is 0 Å². The van der Waals surface area contributed by atoms with Crippen LogP contribution in [0.25, 0.3) is 0 Å². The van der Waals surface area contributed by atoms with Crippen LogP contribution in [-0.4, -0.2) is 90.4 Å². The summed E-state index contributed by atoms with van der Waals surface area (Å²) in [5, 5.41) is 15.8. The van der Waals surface area contributed by atoms with Crippen molar-refractivity contribution in [2.45, 2.75) is 38.1 Å². The molecule has 1 fully saturated rings. The van der Waals surface area contributed by atoms with Gasteiger partial charge in [0, 0.05) is 32.4 Å². The van der Waals surface area contributed by atoms with Crippen LogP contribution in [0.1, 0.15) is 52.8 Å². The smallest absolute Gasteiger partial charge is 0.303 e. The maximum Gasteiger partial charge on any atom is 0.303 e. The first-order chi connectivity index (χ1) is 18.2. The Kier molecular flexibility index (Phi) is 9.87. The third-order valence-corrected chi connectivity index (χ3v) is 5.72. The van der Waals surface area contributed by atoms with Gasteiger partial charge < -0.3 is 25.2 Å². The maximum atomic E-state index is 13.0. The van der Waals surface area contributed by atoms with Crippen molar-refractivity contribution in [1.29, 1.82) is 0 Å². The van der Waals surface area contributed by atoms with Gasteiger partial charge in [-0.3, -0.25) is 43.8 Å². The topological polar surface area (TPSA) is 198 Å². The molecule has 6 amide bonds.